The van der Waals surface area contributed by atoms with Crippen LogP contribution in [0.25, 0.3) is 0 Å². The van der Waals surface area contributed by atoms with Crippen molar-refractivity contribution in [3.05, 3.63) is 64.0 Å². The van der Waals surface area contributed by atoms with Crippen molar-refractivity contribution in [2.75, 3.05) is 18.6 Å². The van der Waals surface area contributed by atoms with Gasteiger partial charge in [0.05, 0.1) is 13.0 Å². The fourth-order valence-corrected chi connectivity index (χ4v) is 3.29. The largest absolute Gasteiger partial charge is 0.393 e. The molecular formula is C22H25F4N3O2. The van der Waals surface area contributed by atoms with Crippen LogP contribution in [-0.4, -0.2) is 31.8 Å². The minimum absolute atomic E-state index is 0.0245. The molecule has 0 unspecified atom stereocenters. The molecule has 0 atom stereocenters. The van der Waals surface area contributed by atoms with Crippen LogP contribution in [-0.2, 0) is 29.1 Å². The van der Waals surface area contributed by atoms with E-state index in [0.717, 1.165) is 5.56 Å². The van der Waals surface area contributed by atoms with Crippen LogP contribution in [0.5, 0.6) is 0 Å². The van der Waals surface area contributed by atoms with Gasteiger partial charge in [0, 0.05) is 31.5 Å². The molecule has 0 aliphatic carbocycles. The topological polar surface area (TPSA) is 67.9 Å². The van der Waals surface area contributed by atoms with Crippen molar-refractivity contribution in [1.82, 2.24) is 0 Å². The van der Waals surface area contributed by atoms with Crippen LogP contribution in [0.15, 0.2) is 35.4 Å². The summed E-state index contributed by atoms with van der Waals surface area (Å²) < 4.78 is 58.0. The van der Waals surface area contributed by atoms with E-state index in [-0.39, 0.29) is 30.0 Å². The van der Waals surface area contributed by atoms with E-state index in [9.17, 15) is 22.4 Å². The Hall–Kier alpha value is -2.94. The zero-order valence-corrected chi connectivity index (χ0v) is 17.6. The minimum atomic E-state index is -4.40. The molecule has 0 heterocycles. The van der Waals surface area contributed by atoms with Crippen molar-refractivity contribution in [3.63, 3.8) is 0 Å². The maximum absolute atomic E-state index is 14.2. The summed E-state index contributed by atoms with van der Waals surface area (Å²) in [5.74, 6) is 4.86. The number of carbonyl (C=O) groups excluding carboxylic acids is 1. The highest BCUT2D eigenvalue weighted by Gasteiger charge is 2.28. The Balaban J connectivity index is 2.44. The molecule has 2 N–H and O–H groups in total. The molecule has 2 aromatic carbocycles. The number of ether oxygens (including phenoxy) is 1. The molecule has 0 aliphatic heterocycles. The molecule has 0 radical (unpaired) electrons. The fourth-order valence-electron chi connectivity index (χ4n) is 3.29. The van der Waals surface area contributed by atoms with Crippen molar-refractivity contribution < 1.29 is 27.1 Å². The second-order valence-corrected chi connectivity index (χ2v) is 7.12. The molecule has 0 aromatic heterocycles. The highest BCUT2D eigenvalue weighted by Crippen LogP contribution is 2.28. The lowest BCUT2D eigenvalue weighted by Crippen LogP contribution is -2.22. The van der Waals surface area contributed by atoms with Gasteiger partial charge in [0.1, 0.15) is 11.5 Å². The lowest BCUT2D eigenvalue weighted by Gasteiger charge is -2.24. The number of alkyl halides is 3. The summed E-state index contributed by atoms with van der Waals surface area (Å²) in [6.07, 6.45) is -5.16. The zero-order chi connectivity index (χ0) is 23.2. The zero-order valence-electron chi connectivity index (χ0n) is 17.6. The predicted octanol–water partition coefficient (Wildman–Crippen LogP) is 4.27. The first-order valence-electron chi connectivity index (χ1n) is 9.59. The Labute approximate surface area is 178 Å². The van der Waals surface area contributed by atoms with Gasteiger partial charge in [-0.1, -0.05) is 6.07 Å². The molecule has 31 heavy (non-hydrogen) atoms. The van der Waals surface area contributed by atoms with E-state index in [2.05, 4.69) is 5.10 Å². The Kier molecular flexibility index (Phi) is 8.15. The number of halogens is 4. The molecule has 0 bridgehead atoms. The standard InChI is InChI=1S/C22H25F4N3O2/c1-4-31-13-17-9-18(23)8-16(14(17)2)11-29(3)21-6-5-15(10-22(24,25)26)7-19(21)20(12-30)28-27/h5-9,12H,4,10-11,13,27H2,1-3H3/b28-20+. The van der Waals surface area contributed by atoms with Crippen LogP contribution in [0.4, 0.5) is 23.2 Å². The van der Waals surface area contributed by atoms with Crippen LogP contribution >= 0.6 is 0 Å². The Morgan fingerprint density at radius 3 is 2.48 bits per heavy atom. The number of hydrazone groups is 1. The number of rotatable bonds is 9. The third kappa shape index (κ3) is 6.52. The number of benzene rings is 2. The van der Waals surface area contributed by atoms with Crippen molar-refractivity contribution in [2.24, 2.45) is 10.9 Å². The molecule has 5 nitrogen and oxygen atoms in total. The van der Waals surface area contributed by atoms with E-state index in [1.54, 1.807) is 11.9 Å². The summed E-state index contributed by atoms with van der Waals surface area (Å²) in [6, 6.07) is 6.87. The van der Waals surface area contributed by atoms with Crippen molar-refractivity contribution >= 4 is 17.7 Å². The first-order chi connectivity index (χ1) is 14.6. The van der Waals surface area contributed by atoms with E-state index < -0.39 is 18.4 Å². The van der Waals surface area contributed by atoms with E-state index in [1.165, 1.54) is 30.3 Å². The van der Waals surface area contributed by atoms with Crippen LogP contribution in [0.3, 0.4) is 0 Å². The molecule has 2 aromatic rings. The fraction of sp³-hybridized carbons (Fsp3) is 0.364. The van der Waals surface area contributed by atoms with Gasteiger partial charge in [-0.25, -0.2) is 4.39 Å². The van der Waals surface area contributed by atoms with Gasteiger partial charge in [-0.15, -0.1) is 0 Å². The first-order valence-corrected chi connectivity index (χ1v) is 9.59. The van der Waals surface area contributed by atoms with Gasteiger partial charge >= 0.3 is 6.18 Å². The lowest BCUT2D eigenvalue weighted by molar-refractivity contribution is -0.127. The van der Waals surface area contributed by atoms with Crippen LogP contribution in [0, 0.1) is 12.7 Å². The second-order valence-electron chi connectivity index (χ2n) is 7.12. The van der Waals surface area contributed by atoms with E-state index >= 15 is 0 Å². The first kappa shape index (κ1) is 24.3. The third-order valence-electron chi connectivity index (χ3n) is 4.86. The summed E-state index contributed by atoms with van der Waals surface area (Å²) in [7, 11) is 1.69. The number of hydrogen-bond donors (Lipinski definition) is 1. The van der Waals surface area contributed by atoms with Gasteiger partial charge in [0.25, 0.3) is 0 Å². The number of aldehydes is 1. The van der Waals surface area contributed by atoms with Crippen LogP contribution in [0.1, 0.15) is 34.7 Å². The monoisotopic (exact) mass is 439 g/mol. The number of anilines is 1. The number of nitrogens with two attached hydrogens (primary N) is 1. The molecule has 0 fully saturated rings. The predicted molar refractivity (Wildman–Crippen MR) is 112 cm³/mol. The van der Waals surface area contributed by atoms with E-state index in [4.69, 9.17) is 10.6 Å². The van der Waals surface area contributed by atoms with E-state index in [1.807, 2.05) is 13.8 Å². The molecule has 2 rings (SSSR count). The third-order valence-corrected chi connectivity index (χ3v) is 4.86. The second kappa shape index (κ2) is 10.4. The van der Waals surface area contributed by atoms with Gasteiger partial charge < -0.3 is 15.5 Å². The number of carbonyl (C=O) groups is 1. The minimum Gasteiger partial charge on any atom is -0.377 e. The van der Waals surface area contributed by atoms with Crippen molar-refractivity contribution in [1.29, 1.82) is 0 Å². The molecule has 0 amide bonds. The summed E-state index contributed by atoms with van der Waals surface area (Å²) in [4.78, 5) is 13.1. The van der Waals surface area contributed by atoms with Gasteiger partial charge in [-0.2, -0.15) is 18.3 Å². The van der Waals surface area contributed by atoms with E-state index in [0.29, 0.717) is 29.7 Å². The van der Waals surface area contributed by atoms with Crippen molar-refractivity contribution in [2.45, 2.75) is 39.6 Å². The highest BCUT2D eigenvalue weighted by molar-refractivity contribution is 6.37. The summed E-state index contributed by atoms with van der Waals surface area (Å²) in [5, 5.41) is 3.41. The quantitative estimate of drug-likeness (QED) is 0.208. The summed E-state index contributed by atoms with van der Waals surface area (Å²) in [6.45, 7) is 4.69. The smallest absolute Gasteiger partial charge is 0.377 e. The van der Waals surface area contributed by atoms with Crippen molar-refractivity contribution in [3.8, 4) is 0 Å². The molecule has 0 aliphatic rings. The summed E-state index contributed by atoms with van der Waals surface area (Å²) in [5.41, 5.74) is 2.65. The molecule has 0 spiro atoms. The number of hydrogen-bond acceptors (Lipinski definition) is 5. The lowest BCUT2D eigenvalue weighted by atomic mass is 9.99. The van der Waals surface area contributed by atoms with Gasteiger partial charge in [0.15, 0.2) is 6.29 Å². The Morgan fingerprint density at radius 1 is 1.23 bits per heavy atom. The molecule has 9 heteroatoms. The van der Waals surface area contributed by atoms with Gasteiger partial charge in [-0.3, -0.25) is 4.79 Å². The summed E-state index contributed by atoms with van der Waals surface area (Å²) >= 11 is 0. The molecule has 0 saturated heterocycles. The average molecular weight is 439 g/mol. The number of nitrogens with zero attached hydrogens (tertiary/aromatic N) is 2. The van der Waals surface area contributed by atoms with Gasteiger partial charge in [0.2, 0.25) is 0 Å². The molecule has 168 valence electrons. The Morgan fingerprint density at radius 2 is 1.90 bits per heavy atom. The molecular weight excluding hydrogens is 414 g/mol. The van der Waals surface area contributed by atoms with Crippen LogP contribution < -0.4 is 10.7 Å². The average Bonchev–Trinajstić information content (AvgIpc) is 2.69. The molecule has 0 saturated carbocycles. The maximum atomic E-state index is 14.2. The normalized spacial score (nSPS) is 12.2. The van der Waals surface area contributed by atoms with Gasteiger partial charge in [-0.05, 0) is 60.4 Å². The SMILES string of the molecule is CCOCc1cc(F)cc(CN(C)c2ccc(CC(F)(F)F)cc2/C(C=O)=N/N)c1C. The van der Waals surface area contributed by atoms with Crippen LogP contribution in [0.2, 0.25) is 0 Å². The maximum Gasteiger partial charge on any atom is 0.393 e. The Bertz CT molecular complexity index is 959. The highest BCUT2D eigenvalue weighted by atomic mass is 19.4.